The maximum atomic E-state index is 10.6. The van der Waals surface area contributed by atoms with Crippen LogP contribution in [0.2, 0.25) is 0 Å². The minimum Gasteiger partial charge on any atom is -0.382 e. The monoisotopic (exact) mass is 324 g/mol. The molecule has 0 spiro atoms. The first kappa shape index (κ1) is 13.5. The number of non-ortho nitro benzene ring substituents is 1. The van der Waals surface area contributed by atoms with E-state index in [-0.39, 0.29) is 5.69 Å². The van der Waals surface area contributed by atoms with Crippen molar-refractivity contribution in [3.63, 3.8) is 0 Å². The summed E-state index contributed by atoms with van der Waals surface area (Å²) in [6.07, 6.45) is 3.77. The first-order chi connectivity index (χ1) is 9.06. The van der Waals surface area contributed by atoms with Crippen molar-refractivity contribution in [1.82, 2.24) is 9.78 Å². The Morgan fingerprint density at radius 1 is 1.53 bits per heavy atom. The van der Waals surface area contributed by atoms with Crippen molar-refractivity contribution in [2.24, 2.45) is 0 Å². The Hall–Kier alpha value is -1.89. The molecule has 0 aliphatic rings. The summed E-state index contributed by atoms with van der Waals surface area (Å²) in [6.45, 7) is 3.42. The van der Waals surface area contributed by atoms with Gasteiger partial charge in [0.25, 0.3) is 5.69 Å². The van der Waals surface area contributed by atoms with Gasteiger partial charge < -0.3 is 5.32 Å². The molecule has 7 heteroatoms. The van der Waals surface area contributed by atoms with Gasteiger partial charge >= 0.3 is 0 Å². The quantitative estimate of drug-likeness (QED) is 0.677. The fourth-order valence-electron chi connectivity index (χ4n) is 1.66. The molecule has 1 N–H and O–H groups in total. The number of hydrogen-bond acceptors (Lipinski definition) is 4. The van der Waals surface area contributed by atoms with E-state index < -0.39 is 4.92 Å². The molecule has 19 heavy (non-hydrogen) atoms. The summed E-state index contributed by atoms with van der Waals surface area (Å²) < 4.78 is 2.53. The summed E-state index contributed by atoms with van der Waals surface area (Å²) in [7, 11) is 0. The Morgan fingerprint density at radius 2 is 2.32 bits per heavy atom. The van der Waals surface area contributed by atoms with E-state index in [1.54, 1.807) is 6.07 Å². The number of nitrogens with one attached hydrogen (secondary N) is 1. The minimum absolute atomic E-state index is 0.0696. The van der Waals surface area contributed by atoms with E-state index >= 15 is 0 Å². The van der Waals surface area contributed by atoms with Crippen LogP contribution in [0.4, 0.5) is 11.4 Å². The van der Waals surface area contributed by atoms with E-state index in [0.29, 0.717) is 11.0 Å². The Balaban J connectivity index is 1.94. The van der Waals surface area contributed by atoms with Crippen LogP contribution in [0.1, 0.15) is 5.56 Å². The second-order valence-corrected chi connectivity index (χ2v) is 4.98. The van der Waals surface area contributed by atoms with Crippen molar-refractivity contribution >= 4 is 27.3 Å². The molecule has 0 saturated carbocycles. The number of nitro groups is 1. The smallest absolute Gasteiger partial charge is 0.270 e. The third-order valence-electron chi connectivity index (χ3n) is 2.58. The molecule has 0 fully saturated rings. The lowest BCUT2D eigenvalue weighted by Gasteiger charge is -2.08. The Morgan fingerprint density at radius 3 is 2.89 bits per heavy atom. The second kappa shape index (κ2) is 5.83. The Bertz CT molecular complexity index is 597. The van der Waals surface area contributed by atoms with E-state index in [0.717, 1.165) is 17.8 Å². The average molecular weight is 325 g/mol. The summed E-state index contributed by atoms with van der Waals surface area (Å²) in [6, 6.07) is 4.65. The lowest BCUT2D eigenvalue weighted by Crippen LogP contribution is -2.11. The van der Waals surface area contributed by atoms with E-state index in [9.17, 15) is 10.1 Å². The molecule has 0 aliphatic carbocycles. The molecule has 1 heterocycles. The van der Waals surface area contributed by atoms with Gasteiger partial charge in [-0.3, -0.25) is 14.8 Å². The topological polar surface area (TPSA) is 73.0 Å². The number of aryl methyl sites for hydroxylation is 1. The number of aromatic nitrogens is 2. The fraction of sp³-hybridized carbons (Fsp3) is 0.250. The zero-order valence-corrected chi connectivity index (χ0v) is 11.9. The Kier molecular flexibility index (Phi) is 4.16. The highest BCUT2D eigenvalue weighted by molar-refractivity contribution is 9.10. The fourth-order valence-corrected chi connectivity index (χ4v) is 2.16. The van der Waals surface area contributed by atoms with E-state index in [1.807, 2.05) is 24.0 Å². The van der Waals surface area contributed by atoms with Gasteiger partial charge in [-0.2, -0.15) is 5.10 Å². The normalized spacial score (nSPS) is 10.4. The highest BCUT2D eigenvalue weighted by Crippen LogP contribution is 2.26. The van der Waals surface area contributed by atoms with Gasteiger partial charge in [-0.05, 0) is 34.5 Å². The van der Waals surface area contributed by atoms with E-state index in [4.69, 9.17) is 0 Å². The van der Waals surface area contributed by atoms with Gasteiger partial charge in [-0.15, -0.1) is 0 Å². The molecule has 1 aromatic heterocycles. The second-order valence-electron chi connectivity index (χ2n) is 4.13. The van der Waals surface area contributed by atoms with Crippen molar-refractivity contribution in [2.45, 2.75) is 13.5 Å². The van der Waals surface area contributed by atoms with Gasteiger partial charge in [-0.25, -0.2) is 0 Å². The minimum atomic E-state index is -0.416. The van der Waals surface area contributed by atoms with Crippen LogP contribution in [0.3, 0.4) is 0 Å². The van der Waals surface area contributed by atoms with Crippen LogP contribution < -0.4 is 5.32 Å². The van der Waals surface area contributed by atoms with Gasteiger partial charge in [-0.1, -0.05) is 0 Å². The van der Waals surface area contributed by atoms with Crippen molar-refractivity contribution in [2.75, 3.05) is 11.9 Å². The maximum Gasteiger partial charge on any atom is 0.270 e. The first-order valence-corrected chi connectivity index (χ1v) is 6.52. The number of rotatable bonds is 5. The van der Waals surface area contributed by atoms with Crippen LogP contribution in [0, 0.1) is 17.0 Å². The molecule has 0 saturated heterocycles. The highest BCUT2D eigenvalue weighted by atomic mass is 79.9. The SMILES string of the molecule is Cc1cnn(CCNc2ccc([N+](=O)[O-])cc2Br)c1. The Labute approximate surface area is 118 Å². The maximum absolute atomic E-state index is 10.6. The zero-order chi connectivity index (χ0) is 13.8. The van der Waals surface area contributed by atoms with Crippen molar-refractivity contribution in [3.05, 3.63) is 50.7 Å². The van der Waals surface area contributed by atoms with Gasteiger partial charge in [0.05, 0.1) is 17.7 Å². The molecule has 0 amide bonds. The van der Waals surface area contributed by atoms with Crippen molar-refractivity contribution in [1.29, 1.82) is 0 Å². The summed E-state index contributed by atoms with van der Waals surface area (Å²) in [5.41, 5.74) is 2.02. The third-order valence-corrected chi connectivity index (χ3v) is 3.24. The molecule has 0 radical (unpaired) electrons. The summed E-state index contributed by atoms with van der Waals surface area (Å²) in [5, 5.41) is 18.0. The highest BCUT2D eigenvalue weighted by Gasteiger charge is 2.08. The van der Waals surface area contributed by atoms with Crippen LogP contribution in [-0.4, -0.2) is 21.2 Å². The molecule has 0 bridgehead atoms. The van der Waals surface area contributed by atoms with Crippen LogP contribution >= 0.6 is 15.9 Å². The predicted octanol–water partition coefficient (Wildman–Crippen LogP) is 2.97. The van der Waals surface area contributed by atoms with Crippen LogP contribution in [0.25, 0.3) is 0 Å². The van der Waals surface area contributed by atoms with Crippen molar-refractivity contribution < 1.29 is 4.92 Å². The third kappa shape index (κ3) is 3.54. The van der Waals surface area contributed by atoms with E-state index in [2.05, 4.69) is 26.3 Å². The molecule has 2 aromatic rings. The van der Waals surface area contributed by atoms with Gasteiger partial charge in [0, 0.05) is 35.0 Å². The summed E-state index contributed by atoms with van der Waals surface area (Å²) in [4.78, 5) is 10.2. The van der Waals surface area contributed by atoms with Gasteiger partial charge in [0.1, 0.15) is 0 Å². The standard InChI is InChI=1S/C12H13BrN4O2/c1-9-7-15-16(8-9)5-4-14-12-3-2-10(17(18)19)6-11(12)13/h2-3,6-8,14H,4-5H2,1H3. The average Bonchev–Trinajstić information content (AvgIpc) is 2.77. The molecule has 2 rings (SSSR count). The van der Waals surface area contributed by atoms with Crippen LogP contribution in [0.15, 0.2) is 35.1 Å². The largest absolute Gasteiger partial charge is 0.382 e. The molecule has 0 unspecified atom stereocenters. The number of nitrogens with zero attached hydrogens (tertiary/aromatic N) is 3. The van der Waals surface area contributed by atoms with Gasteiger partial charge in [0.15, 0.2) is 0 Å². The predicted molar refractivity (Wildman–Crippen MR) is 76.3 cm³/mol. The number of halogens is 1. The molecule has 1 aromatic carbocycles. The molecule has 0 aliphatic heterocycles. The molecule has 6 nitrogen and oxygen atoms in total. The summed E-state index contributed by atoms with van der Waals surface area (Å²) in [5.74, 6) is 0. The number of nitro benzene ring substituents is 1. The number of benzene rings is 1. The number of anilines is 1. The summed E-state index contributed by atoms with van der Waals surface area (Å²) >= 11 is 3.32. The number of hydrogen-bond donors (Lipinski definition) is 1. The lowest BCUT2D eigenvalue weighted by atomic mass is 10.3. The molecular weight excluding hydrogens is 312 g/mol. The van der Waals surface area contributed by atoms with Crippen molar-refractivity contribution in [3.8, 4) is 0 Å². The van der Waals surface area contributed by atoms with Crippen LogP contribution in [-0.2, 0) is 6.54 Å². The molecular formula is C12H13BrN4O2. The molecule has 0 atom stereocenters. The van der Waals surface area contributed by atoms with Crippen LogP contribution in [0.5, 0.6) is 0 Å². The lowest BCUT2D eigenvalue weighted by molar-refractivity contribution is -0.384. The zero-order valence-electron chi connectivity index (χ0n) is 10.3. The molecule has 100 valence electrons. The van der Waals surface area contributed by atoms with E-state index in [1.165, 1.54) is 12.1 Å². The van der Waals surface area contributed by atoms with Gasteiger partial charge in [0.2, 0.25) is 0 Å². The first-order valence-electron chi connectivity index (χ1n) is 5.73.